The van der Waals surface area contributed by atoms with Gasteiger partial charge in [-0.1, -0.05) is 48.9 Å². The van der Waals surface area contributed by atoms with Crippen molar-refractivity contribution in [3.8, 4) is 11.1 Å². The van der Waals surface area contributed by atoms with Gasteiger partial charge in [-0.05, 0) is 29.8 Å². The maximum absolute atomic E-state index is 12.3. The normalized spacial score (nSPS) is 10.6. The van der Waals surface area contributed by atoms with Crippen LogP contribution in [-0.4, -0.2) is 27.8 Å². The number of carbonyl (C=O) groups is 3. The Kier molecular flexibility index (Phi) is 6.89. The number of aromatic nitrogens is 2. The first kappa shape index (κ1) is 23.0. The van der Waals surface area contributed by atoms with E-state index in [1.165, 1.54) is 6.20 Å². The molecule has 0 unspecified atom stereocenters. The third kappa shape index (κ3) is 5.24. The lowest BCUT2D eigenvalue weighted by Gasteiger charge is -2.09. The summed E-state index contributed by atoms with van der Waals surface area (Å²) in [5, 5.41) is 6.57. The smallest absolute Gasteiger partial charge is 0.412 e. The topological polar surface area (TPSA) is 113 Å². The van der Waals surface area contributed by atoms with Gasteiger partial charge in [0.1, 0.15) is 12.3 Å². The Labute approximate surface area is 200 Å². The van der Waals surface area contributed by atoms with E-state index in [1.807, 2.05) is 12.1 Å². The minimum absolute atomic E-state index is 0.0373. The fraction of sp³-hybridized carbons (Fsp3) is 0.120. The number of fused-ring (bicyclic) bond motifs is 1. The Bertz CT molecular complexity index is 1380. The molecule has 3 N–H and O–H groups in total. The second-order valence-corrected chi connectivity index (χ2v) is 7.83. The number of halogens is 1. The van der Waals surface area contributed by atoms with Crippen molar-refractivity contribution in [3.63, 3.8) is 0 Å². The highest BCUT2D eigenvalue weighted by Crippen LogP contribution is 2.31. The van der Waals surface area contributed by atoms with Gasteiger partial charge in [-0.15, -0.1) is 0 Å². The van der Waals surface area contributed by atoms with E-state index in [0.717, 1.165) is 16.5 Å². The molecule has 0 aliphatic carbocycles. The molecule has 4 aromatic rings. The maximum atomic E-state index is 12.3. The Balaban J connectivity index is 1.51. The molecule has 2 aromatic heterocycles. The van der Waals surface area contributed by atoms with E-state index in [9.17, 15) is 14.4 Å². The summed E-state index contributed by atoms with van der Waals surface area (Å²) in [6.07, 6.45) is 2.81. The molecule has 0 aliphatic heterocycles. The molecule has 9 heteroatoms. The standard InChI is InChI=1S/C25H21ClN4O4/c1-2-22(31)24(32)29-17-8-5-7-15(10-17)20-13-28-23-19(20)11-18(12-27-23)30-25(33)34-14-16-6-3-4-9-21(16)26/h3-13H,2,14H2,1H3,(H,27,28)(H,29,32)(H,30,33). The molecule has 0 atom stereocenters. The molecule has 2 aromatic carbocycles. The number of hydrogen-bond acceptors (Lipinski definition) is 5. The summed E-state index contributed by atoms with van der Waals surface area (Å²) in [5.74, 6) is -1.14. The van der Waals surface area contributed by atoms with Crippen LogP contribution in [-0.2, 0) is 20.9 Å². The first-order valence-corrected chi connectivity index (χ1v) is 10.9. The van der Waals surface area contributed by atoms with Crippen LogP contribution in [0, 0.1) is 0 Å². The van der Waals surface area contributed by atoms with Crippen LogP contribution in [0.1, 0.15) is 18.9 Å². The van der Waals surface area contributed by atoms with Gasteiger partial charge in [0, 0.05) is 39.8 Å². The number of ether oxygens (including phenoxy) is 1. The quantitative estimate of drug-likeness (QED) is 0.303. The fourth-order valence-corrected chi connectivity index (χ4v) is 3.54. The van der Waals surface area contributed by atoms with Crippen molar-refractivity contribution in [2.75, 3.05) is 10.6 Å². The number of aromatic amines is 1. The monoisotopic (exact) mass is 476 g/mol. The number of rotatable bonds is 7. The average Bonchev–Trinajstić information content (AvgIpc) is 3.26. The second kappa shape index (κ2) is 10.2. The summed E-state index contributed by atoms with van der Waals surface area (Å²) in [5.41, 5.74) is 3.90. The number of hydrogen-bond donors (Lipinski definition) is 3. The minimum Gasteiger partial charge on any atom is -0.444 e. The Hall–Kier alpha value is -4.17. The van der Waals surface area contributed by atoms with Crippen molar-refractivity contribution >= 4 is 51.8 Å². The Morgan fingerprint density at radius 2 is 1.85 bits per heavy atom. The third-order valence-corrected chi connectivity index (χ3v) is 5.47. The van der Waals surface area contributed by atoms with E-state index in [2.05, 4.69) is 20.6 Å². The molecule has 0 spiro atoms. The van der Waals surface area contributed by atoms with Gasteiger partial charge in [0.15, 0.2) is 0 Å². The third-order valence-electron chi connectivity index (χ3n) is 5.10. The van der Waals surface area contributed by atoms with Crippen LogP contribution in [0.15, 0.2) is 67.0 Å². The van der Waals surface area contributed by atoms with Crippen molar-refractivity contribution in [3.05, 3.63) is 77.6 Å². The van der Waals surface area contributed by atoms with E-state index in [0.29, 0.717) is 27.6 Å². The highest BCUT2D eigenvalue weighted by atomic mass is 35.5. The fourth-order valence-electron chi connectivity index (χ4n) is 3.35. The van der Waals surface area contributed by atoms with Gasteiger partial charge >= 0.3 is 6.09 Å². The van der Waals surface area contributed by atoms with Gasteiger partial charge in [-0.2, -0.15) is 0 Å². The maximum Gasteiger partial charge on any atom is 0.412 e. The van der Waals surface area contributed by atoms with E-state index in [-0.39, 0.29) is 13.0 Å². The molecular formula is C25H21ClN4O4. The number of pyridine rings is 1. The van der Waals surface area contributed by atoms with Crippen molar-refractivity contribution in [2.45, 2.75) is 20.0 Å². The van der Waals surface area contributed by atoms with Crippen LogP contribution in [0.2, 0.25) is 5.02 Å². The van der Waals surface area contributed by atoms with Gasteiger partial charge in [0.2, 0.25) is 5.78 Å². The number of amides is 2. The molecule has 0 radical (unpaired) electrons. The summed E-state index contributed by atoms with van der Waals surface area (Å²) in [7, 11) is 0. The van der Waals surface area contributed by atoms with Gasteiger partial charge in [-0.25, -0.2) is 9.78 Å². The summed E-state index contributed by atoms with van der Waals surface area (Å²) in [6, 6.07) is 16.0. The lowest BCUT2D eigenvalue weighted by Crippen LogP contribution is -2.21. The lowest BCUT2D eigenvalue weighted by atomic mass is 10.0. The van der Waals surface area contributed by atoms with Crippen LogP contribution in [0.4, 0.5) is 16.2 Å². The van der Waals surface area contributed by atoms with Gasteiger partial charge in [0.05, 0.1) is 11.9 Å². The van der Waals surface area contributed by atoms with E-state index in [4.69, 9.17) is 16.3 Å². The highest BCUT2D eigenvalue weighted by Gasteiger charge is 2.14. The van der Waals surface area contributed by atoms with Crippen LogP contribution < -0.4 is 10.6 Å². The molecule has 172 valence electrons. The zero-order chi connectivity index (χ0) is 24.1. The molecule has 8 nitrogen and oxygen atoms in total. The number of carbonyl (C=O) groups excluding carboxylic acids is 3. The molecule has 34 heavy (non-hydrogen) atoms. The number of nitrogens with one attached hydrogen (secondary N) is 3. The number of ketones is 1. The molecule has 0 saturated heterocycles. The van der Waals surface area contributed by atoms with Crippen molar-refractivity contribution in [1.82, 2.24) is 9.97 Å². The van der Waals surface area contributed by atoms with E-state index < -0.39 is 17.8 Å². The van der Waals surface area contributed by atoms with Crippen LogP contribution >= 0.6 is 11.6 Å². The number of anilines is 2. The SMILES string of the molecule is CCC(=O)C(=O)Nc1cccc(-c2c[nH]c3ncc(NC(=O)OCc4ccccc4Cl)cc23)c1. The van der Waals surface area contributed by atoms with Crippen molar-refractivity contribution in [2.24, 2.45) is 0 Å². The highest BCUT2D eigenvalue weighted by molar-refractivity contribution is 6.40. The van der Waals surface area contributed by atoms with E-state index >= 15 is 0 Å². The summed E-state index contributed by atoms with van der Waals surface area (Å²) >= 11 is 6.09. The summed E-state index contributed by atoms with van der Waals surface area (Å²) in [6.45, 7) is 1.67. The van der Waals surface area contributed by atoms with Crippen molar-refractivity contribution in [1.29, 1.82) is 0 Å². The number of H-pyrrole nitrogens is 1. The van der Waals surface area contributed by atoms with Crippen LogP contribution in [0.3, 0.4) is 0 Å². The minimum atomic E-state index is -0.651. The van der Waals surface area contributed by atoms with Crippen LogP contribution in [0.5, 0.6) is 0 Å². The average molecular weight is 477 g/mol. The van der Waals surface area contributed by atoms with E-state index in [1.54, 1.807) is 55.6 Å². The number of nitrogens with zero attached hydrogens (tertiary/aromatic N) is 1. The second-order valence-electron chi connectivity index (χ2n) is 7.43. The first-order chi connectivity index (χ1) is 16.4. The molecule has 0 aliphatic rings. The van der Waals surface area contributed by atoms with Gasteiger partial charge in [0.25, 0.3) is 5.91 Å². The molecule has 4 rings (SSSR count). The molecular weight excluding hydrogens is 456 g/mol. The van der Waals surface area contributed by atoms with Crippen LogP contribution in [0.25, 0.3) is 22.2 Å². The predicted molar refractivity (Wildman–Crippen MR) is 131 cm³/mol. The summed E-state index contributed by atoms with van der Waals surface area (Å²) in [4.78, 5) is 43.3. The molecule has 2 amide bonds. The van der Waals surface area contributed by atoms with Gasteiger partial charge in [-0.3, -0.25) is 14.9 Å². The Morgan fingerprint density at radius 3 is 2.65 bits per heavy atom. The van der Waals surface area contributed by atoms with Crippen molar-refractivity contribution < 1.29 is 19.1 Å². The first-order valence-electron chi connectivity index (χ1n) is 10.5. The zero-order valence-electron chi connectivity index (χ0n) is 18.2. The zero-order valence-corrected chi connectivity index (χ0v) is 19.0. The largest absolute Gasteiger partial charge is 0.444 e. The molecule has 0 bridgehead atoms. The molecule has 0 saturated carbocycles. The molecule has 2 heterocycles. The number of Topliss-reactive ketones (excluding diaryl/α,β-unsaturated/α-hetero) is 1. The lowest BCUT2D eigenvalue weighted by molar-refractivity contribution is -0.134. The number of benzene rings is 2. The predicted octanol–water partition coefficient (Wildman–Crippen LogP) is 5.55. The Morgan fingerprint density at radius 1 is 1.03 bits per heavy atom. The van der Waals surface area contributed by atoms with Gasteiger partial charge < -0.3 is 15.0 Å². The summed E-state index contributed by atoms with van der Waals surface area (Å²) < 4.78 is 5.26. The molecule has 0 fully saturated rings.